The Kier molecular flexibility index (Phi) is 2.56. The van der Waals surface area contributed by atoms with E-state index in [0.717, 1.165) is 5.56 Å². The van der Waals surface area contributed by atoms with Crippen LogP contribution in [0.5, 0.6) is 0 Å². The Bertz CT molecular complexity index is 445. The van der Waals surface area contributed by atoms with Crippen molar-refractivity contribution in [3.8, 4) is 0 Å². The highest BCUT2D eigenvalue weighted by Gasteiger charge is 2.13. The lowest BCUT2D eigenvalue weighted by Crippen LogP contribution is -2.06. The fraction of sp³-hybridized carbons (Fsp3) is 0.250. The van der Waals surface area contributed by atoms with Crippen LogP contribution in [-0.4, -0.2) is 14.7 Å². The minimum absolute atomic E-state index is 0.648. The summed E-state index contributed by atoms with van der Waals surface area (Å²) in [5, 5.41) is 10.1. The minimum atomic E-state index is -0.648. The van der Waals surface area contributed by atoms with Gasteiger partial charge in [-0.25, -0.2) is 4.98 Å². The topological polar surface area (TPSA) is 38.1 Å². The molecule has 1 heterocycles. The zero-order chi connectivity index (χ0) is 10.8. The molecule has 0 aliphatic carbocycles. The second kappa shape index (κ2) is 3.87. The minimum Gasteiger partial charge on any atom is -0.380 e. The Balaban J connectivity index is 2.32. The molecule has 2 aromatic rings. The summed E-state index contributed by atoms with van der Waals surface area (Å²) < 4.78 is 1.82. The number of imidazole rings is 1. The predicted molar refractivity (Wildman–Crippen MR) is 58.4 cm³/mol. The van der Waals surface area contributed by atoms with E-state index in [-0.39, 0.29) is 0 Å². The summed E-state index contributed by atoms with van der Waals surface area (Å²) in [6.07, 6.45) is 2.87. The Morgan fingerprint density at radius 3 is 2.47 bits per heavy atom. The van der Waals surface area contributed by atoms with E-state index in [1.807, 2.05) is 49.0 Å². The number of aryl methyl sites for hydroxylation is 2. The van der Waals surface area contributed by atoms with Gasteiger partial charge in [-0.3, -0.25) is 0 Å². The van der Waals surface area contributed by atoms with Crippen LogP contribution >= 0.6 is 0 Å². The summed E-state index contributed by atoms with van der Waals surface area (Å²) in [6, 6.07) is 7.83. The average molecular weight is 202 g/mol. The van der Waals surface area contributed by atoms with E-state index in [4.69, 9.17) is 0 Å². The number of hydrogen-bond acceptors (Lipinski definition) is 2. The van der Waals surface area contributed by atoms with Crippen molar-refractivity contribution < 1.29 is 5.11 Å². The standard InChI is InChI=1S/C12H14N2O/c1-9-3-5-10(6-4-9)11(15)12-13-7-8-14(12)2/h3-8,11,15H,1-2H3/t11-/m1/s1. The molecule has 1 aromatic heterocycles. The fourth-order valence-electron chi connectivity index (χ4n) is 1.54. The smallest absolute Gasteiger partial charge is 0.142 e. The second-order valence-corrected chi connectivity index (χ2v) is 3.71. The van der Waals surface area contributed by atoms with Crippen molar-refractivity contribution in [3.05, 3.63) is 53.6 Å². The van der Waals surface area contributed by atoms with Crippen LogP contribution in [0.25, 0.3) is 0 Å². The van der Waals surface area contributed by atoms with E-state index in [2.05, 4.69) is 4.98 Å². The molecule has 0 amide bonds. The number of aliphatic hydroxyl groups is 1. The number of rotatable bonds is 2. The first-order valence-electron chi connectivity index (χ1n) is 4.90. The molecule has 0 spiro atoms. The molecular weight excluding hydrogens is 188 g/mol. The molecule has 2 rings (SSSR count). The number of aromatic nitrogens is 2. The molecule has 0 aliphatic rings. The van der Waals surface area contributed by atoms with E-state index in [1.54, 1.807) is 6.20 Å². The van der Waals surface area contributed by atoms with Crippen molar-refractivity contribution >= 4 is 0 Å². The van der Waals surface area contributed by atoms with Gasteiger partial charge in [0.1, 0.15) is 11.9 Å². The molecule has 1 aromatic carbocycles. The van der Waals surface area contributed by atoms with Crippen molar-refractivity contribution in [2.24, 2.45) is 7.05 Å². The van der Waals surface area contributed by atoms with Crippen molar-refractivity contribution in [2.45, 2.75) is 13.0 Å². The molecule has 78 valence electrons. The molecule has 0 radical (unpaired) electrons. The van der Waals surface area contributed by atoms with Crippen LogP contribution < -0.4 is 0 Å². The third-order valence-corrected chi connectivity index (χ3v) is 2.50. The highest BCUT2D eigenvalue weighted by molar-refractivity contribution is 5.26. The van der Waals surface area contributed by atoms with Gasteiger partial charge in [-0.1, -0.05) is 29.8 Å². The first-order chi connectivity index (χ1) is 7.18. The predicted octanol–water partition coefficient (Wildman–Crippen LogP) is 1.81. The maximum atomic E-state index is 10.1. The van der Waals surface area contributed by atoms with Gasteiger partial charge >= 0.3 is 0 Å². The van der Waals surface area contributed by atoms with E-state index < -0.39 is 6.10 Å². The summed E-state index contributed by atoms with van der Waals surface area (Å²) in [7, 11) is 1.87. The van der Waals surface area contributed by atoms with E-state index in [9.17, 15) is 5.11 Å². The highest BCUT2D eigenvalue weighted by Crippen LogP contribution is 2.19. The molecule has 1 N–H and O–H groups in total. The van der Waals surface area contributed by atoms with E-state index >= 15 is 0 Å². The molecular formula is C12H14N2O. The molecule has 3 nitrogen and oxygen atoms in total. The van der Waals surface area contributed by atoms with Crippen LogP contribution in [0.4, 0.5) is 0 Å². The largest absolute Gasteiger partial charge is 0.380 e. The van der Waals surface area contributed by atoms with Gasteiger partial charge in [0.2, 0.25) is 0 Å². The lowest BCUT2D eigenvalue weighted by Gasteiger charge is -2.10. The zero-order valence-corrected chi connectivity index (χ0v) is 8.88. The summed E-state index contributed by atoms with van der Waals surface area (Å²) >= 11 is 0. The Morgan fingerprint density at radius 2 is 1.93 bits per heavy atom. The lowest BCUT2D eigenvalue weighted by molar-refractivity contribution is 0.206. The maximum absolute atomic E-state index is 10.1. The molecule has 0 unspecified atom stereocenters. The van der Waals surface area contributed by atoms with Gasteiger partial charge in [0.25, 0.3) is 0 Å². The number of aliphatic hydroxyl groups excluding tert-OH is 1. The van der Waals surface area contributed by atoms with Crippen molar-refractivity contribution in [1.29, 1.82) is 0 Å². The van der Waals surface area contributed by atoms with Gasteiger partial charge in [-0.05, 0) is 12.5 Å². The molecule has 1 atom stereocenters. The van der Waals surface area contributed by atoms with Crippen molar-refractivity contribution in [3.63, 3.8) is 0 Å². The first-order valence-corrected chi connectivity index (χ1v) is 4.90. The van der Waals surface area contributed by atoms with Crippen LogP contribution in [0, 0.1) is 6.92 Å². The summed E-state index contributed by atoms with van der Waals surface area (Å²) in [6.45, 7) is 2.02. The maximum Gasteiger partial charge on any atom is 0.142 e. The third kappa shape index (κ3) is 1.92. The van der Waals surface area contributed by atoms with Crippen molar-refractivity contribution in [1.82, 2.24) is 9.55 Å². The van der Waals surface area contributed by atoms with E-state index in [0.29, 0.717) is 5.82 Å². The number of hydrogen-bond donors (Lipinski definition) is 1. The van der Waals surface area contributed by atoms with Crippen LogP contribution in [0.3, 0.4) is 0 Å². The lowest BCUT2D eigenvalue weighted by atomic mass is 10.1. The van der Waals surface area contributed by atoms with Crippen molar-refractivity contribution in [2.75, 3.05) is 0 Å². The van der Waals surface area contributed by atoms with Gasteiger partial charge < -0.3 is 9.67 Å². The third-order valence-electron chi connectivity index (χ3n) is 2.50. The average Bonchev–Trinajstić information content (AvgIpc) is 2.65. The van der Waals surface area contributed by atoms with Gasteiger partial charge in [0.05, 0.1) is 0 Å². The fourth-order valence-corrected chi connectivity index (χ4v) is 1.54. The Hall–Kier alpha value is -1.61. The number of nitrogens with zero attached hydrogens (tertiary/aromatic N) is 2. The summed E-state index contributed by atoms with van der Waals surface area (Å²) in [5.74, 6) is 0.666. The Morgan fingerprint density at radius 1 is 1.27 bits per heavy atom. The van der Waals surface area contributed by atoms with Crippen LogP contribution in [0.1, 0.15) is 23.1 Å². The first kappa shape index (κ1) is 9.93. The zero-order valence-electron chi connectivity index (χ0n) is 8.88. The summed E-state index contributed by atoms with van der Waals surface area (Å²) in [4.78, 5) is 4.13. The molecule has 0 aliphatic heterocycles. The molecule has 15 heavy (non-hydrogen) atoms. The van der Waals surface area contributed by atoms with Gasteiger partial charge in [0, 0.05) is 19.4 Å². The molecule has 0 saturated heterocycles. The molecule has 0 fully saturated rings. The Labute approximate surface area is 89.0 Å². The van der Waals surface area contributed by atoms with E-state index in [1.165, 1.54) is 5.56 Å². The number of benzene rings is 1. The SMILES string of the molecule is Cc1ccc([C@@H](O)c2nccn2C)cc1. The van der Waals surface area contributed by atoms with Gasteiger partial charge in [-0.15, -0.1) is 0 Å². The van der Waals surface area contributed by atoms with Crippen LogP contribution in [0.2, 0.25) is 0 Å². The van der Waals surface area contributed by atoms with Gasteiger partial charge in [0.15, 0.2) is 0 Å². The van der Waals surface area contributed by atoms with Crippen LogP contribution in [0.15, 0.2) is 36.7 Å². The molecule has 3 heteroatoms. The second-order valence-electron chi connectivity index (χ2n) is 3.71. The summed E-state index contributed by atoms with van der Waals surface area (Å²) in [5.41, 5.74) is 2.06. The van der Waals surface area contributed by atoms with Crippen LogP contribution in [-0.2, 0) is 7.05 Å². The monoisotopic (exact) mass is 202 g/mol. The molecule has 0 bridgehead atoms. The normalized spacial score (nSPS) is 12.7. The molecule has 0 saturated carbocycles. The van der Waals surface area contributed by atoms with Gasteiger partial charge in [-0.2, -0.15) is 0 Å². The quantitative estimate of drug-likeness (QED) is 0.806. The highest BCUT2D eigenvalue weighted by atomic mass is 16.3.